The third-order valence-corrected chi connectivity index (χ3v) is 5.46. The van der Waals surface area contributed by atoms with E-state index in [0.717, 1.165) is 55.7 Å². The first-order valence-electron chi connectivity index (χ1n) is 7.56. The molecule has 2 heterocycles. The van der Waals surface area contributed by atoms with Crippen molar-refractivity contribution in [2.45, 2.75) is 13.0 Å². The zero-order valence-electron chi connectivity index (χ0n) is 12.1. The van der Waals surface area contributed by atoms with E-state index in [2.05, 4.69) is 21.9 Å². The number of nitrogens with zero attached hydrogens (tertiary/aromatic N) is 2. The molecule has 0 N–H and O–H groups in total. The SMILES string of the molecule is O=C(C1CCN(Cc2ccc(Cl)cc2)C1)N1CCSCC1. The van der Waals surface area contributed by atoms with Crippen molar-refractivity contribution in [1.29, 1.82) is 0 Å². The van der Waals surface area contributed by atoms with Crippen LogP contribution in [-0.4, -0.2) is 53.4 Å². The van der Waals surface area contributed by atoms with Crippen molar-refractivity contribution in [3.63, 3.8) is 0 Å². The average Bonchev–Trinajstić information content (AvgIpc) is 2.98. The second-order valence-corrected chi connectivity index (χ2v) is 7.45. The lowest BCUT2D eigenvalue weighted by atomic mass is 10.1. The molecular formula is C16H21ClN2OS. The fraction of sp³-hybridized carbons (Fsp3) is 0.562. The van der Waals surface area contributed by atoms with Crippen molar-refractivity contribution in [2.75, 3.05) is 37.7 Å². The molecule has 0 aromatic heterocycles. The van der Waals surface area contributed by atoms with Gasteiger partial charge in [-0.2, -0.15) is 11.8 Å². The Kier molecular flexibility index (Phi) is 5.09. The average molecular weight is 325 g/mol. The normalized spacial score (nSPS) is 23.5. The monoisotopic (exact) mass is 324 g/mol. The number of amides is 1. The van der Waals surface area contributed by atoms with Gasteiger partial charge in [-0.05, 0) is 30.7 Å². The molecule has 1 aromatic rings. The number of hydrogen-bond acceptors (Lipinski definition) is 3. The molecule has 2 saturated heterocycles. The first kappa shape index (κ1) is 15.2. The molecular weight excluding hydrogens is 304 g/mol. The van der Waals surface area contributed by atoms with Crippen LogP contribution in [0.5, 0.6) is 0 Å². The highest BCUT2D eigenvalue weighted by Crippen LogP contribution is 2.22. The predicted molar refractivity (Wildman–Crippen MR) is 88.7 cm³/mol. The van der Waals surface area contributed by atoms with Crippen molar-refractivity contribution >= 4 is 29.3 Å². The number of halogens is 1. The summed E-state index contributed by atoms with van der Waals surface area (Å²) in [5.41, 5.74) is 1.27. The van der Waals surface area contributed by atoms with Gasteiger partial charge in [0.05, 0.1) is 5.92 Å². The Bertz CT molecular complexity index is 488. The van der Waals surface area contributed by atoms with E-state index in [1.165, 1.54) is 5.56 Å². The fourth-order valence-corrected chi connectivity index (χ4v) is 4.10. The number of hydrogen-bond donors (Lipinski definition) is 0. The third kappa shape index (κ3) is 3.93. The molecule has 0 spiro atoms. The molecule has 3 rings (SSSR count). The van der Waals surface area contributed by atoms with Crippen molar-refractivity contribution in [2.24, 2.45) is 5.92 Å². The molecule has 0 bridgehead atoms. The maximum Gasteiger partial charge on any atom is 0.227 e. The molecule has 2 aliphatic rings. The van der Waals surface area contributed by atoms with Crippen LogP contribution in [0.3, 0.4) is 0 Å². The molecule has 114 valence electrons. The minimum atomic E-state index is 0.195. The predicted octanol–water partition coefficient (Wildman–Crippen LogP) is 2.74. The Labute approximate surface area is 135 Å². The number of rotatable bonds is 3. The molecule has 0 radical (unpaired) electrons. The second-order valence-electron chi connectivity index (χ2n) is 5.78. The lowest BCUT2D eigenvalue weighted by Crippen LogP contribution is -2.42. The van der Waals surface area contributed by atoms with Crippen molar-refractivity contribution in [3.05, 3.63) is 34.9 Å². The summed E-state index contributed by atoms with van der Waals surface area (Å²) in [7, 11) is 0. The van der Waals surface area contributed by atoms with Crippen LogP contribution in [0.15, 0.2) is 24.3 Å². The van der Waals surface area contributed by atoms with E-state index in [9.17, 15) is 4.79 Å². The van der Waals surface area contributed by atoms with Crippen LogP contribution < -0.4 is 0 Å². The molecule has 1 amide bonds. The van der Waals surface area contributed by atoms with Crippen LogP contribution in [0.1, 0.15) is 12.0 Å². The Balaban J connectivity index is 1.52. The van der Waals surface area contributed by atoms with E-state index >= 15 is 0 Å². The van der Waals surface area contributed by atoms with Crippen LogP contribution in [0, 0.1) is 5.92 Å². The molecule has 1 unspecified atom stereocenters. The van der Waals surface area contributed by atoms with Crippen molar-refractivity contribution < 1.29 is 4.79 Å². The van der Waals surface area contributed by atoms with Crippen molar-refractivity contribution in [3.8, 4) is 0 Å². The van der Waals surface area contributed by atoms with Crippen LogP contribution in [0.25, 0.3) is 0 Å². The van der Waals surface area contributed by atoms with Crippen LogP contribution in [-0.2, 0) is 11.3 Å². The van der Waals surface area contributed by atoms with Gasteiger partial charge < -0.3 is 4.90 Å². The highest BCUT2D eigenvalue weighted by atomic mass is 35.5. The number of thioether (sulfide) groups is 1. The highest BCUT2D eigenvalue weighted by Gasteiger charge is 2.31. The van der Waals surface area contributed by atoms with Gasteiger partial charge in [-0.1, -0.05) is 23.7 Å². The van der Waals surface area contributed by atoms with Gasteiger partial charge in [0.15, 0.2) is 0 Å². The van der Waals surface area contributed by atoms with Crippen LogP contribution in [0.4, 0.5) is 0 Å². The topological polar surface area (TPSA) is 23.6 Å². The van der Waals surface area contributed by atoms with E-state index in [-0.39, 0.29) is 5.92 Å². The minimum Gasteiger partial charge on any atom is -0.341 e. The molecule has 0 saturated carbocycles. The molecule has 5 heteroatoms. The van der Waals surface area contributed by atoms with E-state index < -0.39 is 0 Å². The quantitative estimate of drug-likeness (QED) is 0.854. The Morgan fingerprint density at radius 1 is 1.19 bits per heavy atom. The van der Waals surface area contributed by atoms with Gasteiger partial charge in [0.1, 0.15) is 0 Å². The summed E-state index contributed by atoms with van der Waals surface area (Å²) >= 11 is 7.86. The summed E-state index contributed by atoms with van der Waals surface area (Å²) in [6, 6.07) is 8.00. The van der Waals surface area contributed by atoms with E-state index in [4.69, 9.17) is 11.6 Å². The standard InChI is InChI=1S/C16H21ClN2OS/c17-15-3-1-13(2-4-15)11-18-6-5-14(12-18)16(20)19-7-9-21-10-8-19/h1-4,14H,5-12H2. The number of carbonyl (C=O) groups excluding carboxylic acids is 1. The van der Waals surface area contributed by atoms with Gasteiger partial charge in [-0.25, -0.2) is 0 Å². The summed E-state index contributed by atoms with van der Waals surface area (Å²) in [4.78, 5) is 17.0. The number of carbonyl (C=O) groups is 1. The van der Waals surface area contributed by atoms with Gasteiger partial charge >= 0.3 is 0 Å². The van der Waals surface area contributed by atoms with Gasteiger partial charge in [-0.3, -0.25) is 9.69 Å². The lowest BCUT2D eigenvalue weighted by molar-refractivity contribution is -0.134. The maximum atomic E-state index is 12.5. The summed E-state index contributed by atoms with van der Waals surface area (Å²) < 4.78 is 0. The first-order chi connectivity index (χ1) is 10.2. The third-order valence-electron chi connectivity index (χ3n) is 4.26. The molecule has 1 aromatic carbocycles. The fourth-order valence-electron chi connectivity index (χ4n) is 3.07. The van der Waals surface area contributed by atoms with E-state index in [1.54, 1.807) is 0 Å². The van der Waals surface area contributed by atoms with Gasteiger partial charge in [0.25, 0.3) is 0 Å². The Morgan fingerprint density at radius 2 is 1.90 bits per heavy atom. The smallest absolute Gasteiger partial charge is 0.227 e. The second kappa shape index (κ2) is 7.03. The first-order valence-corrected chi connectivity index (χ1v) is 9.09. The zero-order chi connectivity index (χ0) is 14.7. The molecule has 0 aliphatic carbocycles. The van der Waals surface area contributed by atoms with Gasteiger partial charge in [0, 0.05) is 42.7 Å². The summed E-state index contributed by atoms with van der Waals surface area (Å²) in [5.74, 6) is 2.74. The van der Waals surface area contributed by atoms with Gasteiger partial charge in [0.2, 0.25) is 5.91 Å². The highest BCUT2D eigenvalue weighted by molar-refractivity contribution is 7.99. The van der Waals surface area contributed by atoms with Gasteiger partial charge in [-0.15, -0.1) is 0 Å². The molecule has 2 fully saturated rings. The summed E-state index contributed by atoms with van der Waals surface area (Å²) in [6.07, 6.45) is 0.996. The molecule has 21 heavy (non-hydrogen) atoms. The van der Waals surface area contributed by atoms with E-state index in [0.29, 0.717) is 5.91 Å². The largest absolute Gasteiger partial charge is 0.341 e. The van der Waals surface area contributed by atoms with Crippen molar-refractivity contribution in [1.82, 2.24) is 9.80 Å². The molecule has 3 nitrogen and oxygen atoms in total. The van der Waals surface area contributed by atoms with Crippen LogP contribution in [0.2, 0.25) is 5.02 Å². The Hall–Kier alpha value is -0.710. The number of benzene rings is 1. The summed E-state index contributed by atoms with van der Waals surface area (Å²) in [6.45, 7) is 4.68. The lowest BCUT2D eigenvalue weighted by Gasteiger charge is -2.29. The van der Waals surface area contributed by atoms with E-state index in [1.807, 2.05) is 23.9 Å². The minimum absolute atomic E-state index is 0.195. The Morgan fingerprint density at radius 3 is 2.62 bits per heavy atom. The zero-order valence-corrected chi connectivity index (χ0v) is 13.7. The maximum absolute atomic E-state index is 12.5. The van der Waals surface area contributed by atoms with Crippen LogP contribution >= 0.6 is 23.4 Å². The number of likely N-dealkylation sites (tertiary alicyclic amines) is 1. The molecule has 1 atom stereocenters. The summed E-state index contributed by atoms with van der Waals surface area (Å²) in [5, 5.41) is 0.774. The molecule has 2 aliphatic heterocycles.